The maximum Gasteiger partial charge on any atom is 0.228 e. The van der Waals surface area contributed by atoms with Crippen molar-refractivity contribution in [2.24, 2.45) is 12.5 Å². The second-order valence-electron chi connectivity index (χ2n) is 6.96. The van der Waals surface area contributed by atoms with Gasteiger partial charge < -0.3 is 9.47 Å². The maximum atomic E-state index is 12.5. The molecule has 122 valence electrons. The lowest BCUT2D eigenvalue weighted by molar-refractivity contribution is -0.117. The van der Waals surface area contributed by atoms with E-state index in [4.69, 9.17) is 0 Å². The summed E-state index contributed by atoms with van der Waals surface area (Å²) in [6.45, 7) is 5.87. The Bertz CT molecular complexity index is 737. The molecule has 1 amide bonds. The van der Waals surface area contributed by atoms with Gasteiger partial charge in [0.25, 0.3) is 0 Å². The number of hydrogen-bond donors (Lipinski definition) is 0. The first kappa shape index (κ1) is 14.9. The molecule has 1 unspecified atom stereocenters. The van der Waals surface area contributed by atoms with E-state index in [0.29, 0.717) is 6.42 Å². The topological polar surface area (TPSA) is 41.4 Å². The normalized spacial score (nSPS) is 25.1. The van der Waals surface area contributed by atoms with Crippen LogP contribution in [-0.2, 0) is 18.4 Å². The van der Waals surface area contributed by atoms with Crippen LogP contribution in [0.1, 0.15) is 23.5 Å². The molecule has 5 nitrogen and oxygen atoms in total. The summed E-state index contributed by atoms with van der Waals surface area (Å²) in [5.41, 5.74) is 0.125. The molecule has 4 rings (SSSR count). The number of amides is 1. The summed E-state index contributed by atoms with van der Waals surface area (Å²) in [6, 6.07) is 4.18. The van der Waals surface area contributed by atoms with Crippen LogP contribution in [0.2, 0.25) is 0 Å². The van der Waals surface area contributed by atoms with Crippen molar-refractivity contribution in [3.8, 4) is 0 Å². The van der Waals surface area contributed by atoms with Gasteiger partial charge in [0.2, 0.25) is 5.91 Å². The van der Waals surface area contributed by atoms with Crippen LogP contribution in [-0.4, -0.2) is 40.0 Å². The Morgan fingerprint density at radius 1 is 1.35 bits per heavy atom. The standard InChI is InChI=1S/C17H22N4OS/c1-13-3-4-16(23-13)21-12-17(9-15(21)22)5-7-20(11-17)10-14-18-6-8-19(14)2/h3-4,6,8H,5,7,9-12H2,1-2H3. The lowest BCUT2D eigenvalue weighted by Crippen LogP contribution is -2.31. The van der Waals surface area contributed by atoms with Crippen LogP contribution >= 0.6 is 11.3 Å². The summed E-state index contributed by atoms with van der Waals surface area (Å²) < 4.78 is 2.07. The van der Waals surface area contributed by atoms with Gasteiger partial charge >= 0.3 is 0 Å². The number of rotatable bonds is 3. The Hall–Kier alpha value is -1.66. The van der Waals surface area contributed by atoms with Crippen molar-refractivity contribution in [2.75, 3.05) is 24.5 Å². The number of likely N-dealkylation sites (tertiary alicyclic amines) is 1. The van der Waals surface area contributed by atoms with E-state index < -0.39 is 0 Å². The van der Waals surface area contributed by atoms with Gasteiger partial charge in [-0.3, -0.25) is 9.69 Å². The van der Waals surface area contributed by atoms with Crippen LogP contribution in [0.5, 0.6) is 0 Å². The molecule has 4 heterocycles. The van der Waals surface area contributed by atoms with E-state index >= 15 is 0 Å². The minimum Gasteiger partial charge on any atom is -0.337 e. The highest BCUT2D eigenvalue weighted by Gasteiger charge is 2.48. The van der Waals surface area contributed by atoms with Crippen LogP contribution in [0.15, 0.2) is 24.5 Å². The van der Waals surface area contributed by atoms with Gasteiger partial charge in [-0.1, -0.05) is 0 Å². The highest BCUT2D eigenvalue weighted by molar-refractivity contribution is 7.16. The molecule has 0 saturated carbocycles. The molecule has 6 heteroatoms. The second kappa shape index (κ2) is 5.46. The summed E-state index contributed by atoms with van der Waals surface area (Å²) in [5.74, 6) is 1.38. The monoisotopic (exact) mass is 330 g/mol. The third kappa shape index (κ3) is 2.70. The van der Waals surface area contributed by atoms with Gasteiger partial charge in [0.05, 0.1) is 11.5 Å². The Morgan fingerprint density at radius 2 is 2.22 bits per heavy atom. The fraction of sp³-hybridized carbons (Fsp3) is 0.529. The van der Waals surface area contributed by atoms with Gasteiger partial charge in [0, 0.05) is 49.2 Å². The van der Waals surface area contributed by atoms with Gasteiger partial charge in [0.1, 0.15) is 5.82 Å². The van der Waals surface area contributed by atoms with E-state index in [1.54, 1.807) is 11.3 Å². The van der Waals surface area contributed by atoms with Gasteiger partial charge in [-0.15, -0.1) is 11.3 Å². The summed E-state index contributed by atoms with van der Waals surface area (Å²) in [7, 11) is 2.04. The van der Waals surface area contributed by atoms with Crippen LogP contribution in [0, 0.1) is 12.3 Å². The van der Waals surface area contributed by atoms with Crippen molar-refractivity contribution in [3.63, 3.8) is 0 Å². The zero-order valence-corrected chi connectivity index (χ0v) is 14.5. The van der Waals surface area contributed by atoms with E-state index in [-0.39, 0.29) is 11.3 Å². The highest BCUT2D eigenvalue weighted by Crippen LogP contribution is 2.43. The average Bonchev–Trinajstić information content (AvgIpc) is 3.24. The fourth-order valence-corrected chi connectivity index (χ4v) is 4.73. The Kier molecular flexibility index (Phi) is 3.54. The molecule has 2 fully saturated rings. The van der Waals surface area contributed by atoms with E-state index in [9.17, 15) is 4.79 Å². The number of carbonyl (C=O) groups is 1. The molecular weight excluding hydrogens is 308 g/mol. The molecule has 0 radical (unpaired) electrons. The Morgan fingerprint density at radius 3 is 2.91 bits per heavy atom. The molecule has 2 aliphatic rings. The van der Waals surface area contributed by atoms with Gasteiger partial charge in [-0.2, -0.15) is 0 Å². The minimum absolute atomic E-state index is 0.125. The fourth-order valence-electron chi connectivity index (χ4n) is 3.85. The van der Waals surface area contributed by atoms with Crippen LogP contribution in [0.25, 0.3) is 0 Å². The molecule has 0 bridgehead atoms. The number of hydrogen-bond acceptors (Lipinski definition) is 4. The van der Waals surface area contributed by atoms with Crippen molar-refractivity contribution >= 4 is 22.2 Å². The second-order valence-corrected chi connectivity index (χ2v) is 8.22. The van der Waals surface area contributed by atoms with E-state index in [1.165, 1.54) is 4.88 Å². The zero-order valence-electron chi connectivity index (χ0n) is 13.7. The third-order valence-electron chi connectivity index (χ3n) is 5.12. The summed E-state index contributed by atoms with van der Waals surface area (Å²) in [5, 5.41) is 1.10. The van der Waals surface area contributed by atoms with Crippen LogP contribution in [0.3, 0.4) is 0 Å². The van der Waals surface area contributed by atoms with Gasteiger partial charge in [0.15, 0.2) is 0 Å². The lowest BCUT2D eigenvalue weighted by atomic mass is 9.86. The smallest absolute Gasteiger partial charge is 0.228 e. The highest BCUT2D eigenvalue weighted by atomic mass is 32.1. The number of thiophene rings is 1. The van der Waals surface area contributed by atoms with E-state index in [0.717, 1.165) is 43.4 Å². The first-order valence-electron chi connectivity index (χ1n) is 8.10. The SMILES string of the molecule is Cc1ccc(N2CC3(CCN(Cc4nccn4C)C3)CC2=O)s1. The van der Waals surface area contributed by atoms with Gasteiger partial charge in [-0.05, 0) is 32.0 Å². The molecule has 0 N–H and O–H groups in total. The summed E-state index contributed by atoms with van der Waals surface area (Å²) in [6.07, 6.45) is 5.62. The van der Waals surface area contributed by atoms with Crippen molar-refractivity contribution in [1.82, 2.24) is 14.5 Å². The number of nitrogens with zero attached hydrogens (tertiary/aromatic N) is 4. The third-order valence-corrected chi connectivity index (χ3v) is 6.14. The molecule has 2 saturated heterocycles. The Labute approximate surface area is 140 Å². The number of carbonyl (C=O) groups excluding carboxylic acids is 1. The quantitative estimate of drug-likeness (QED) is 0.868. The zero-order chi connectivity index (χ0) is 16.0. The first-order chi connectivity index (χ1) is 11.0. The van der Waals surface area contributed by atoms with E-state index in [2.05, 4.69) is 33.5 Å². The van der Waals surface area contributed by atoms with E-state index in [1.807, 2.05) is 24.3 Å². The molecular formula is C17H22N4OS. The molecule has 2 aromatic heterocycles. The number of imidazole rings is 1. The molecule has 0 aromatic carbocycles. The predicted molar refractivity (Wildman–Crippen MR) is 91.6 cm³/mol. The molecule has 2 aliphatic heterocycles. The largest absolute Gasteiger partial charge is 0.337 e. The number of aryl methyl sites for hydroxylation is 2. The number of aromatic nitrogens is 2. The first-order valence-corrected chi connectivity index (χ1v) is 8.92. The van der Waals surface area contributed by atoms with Crippen LogP contribution < -0.4 is 4.90 Å². The Balaban J connectivity index is 1.46. The van der Waals surface area contributed by atoms with Crippen LogP contribution in [0.4, 0.5) is 5.00 Å². The van der Waals surface area contributed by atoms with Crippen molar-refractivity contribution < 1.29 is 4.79 Å². The molecule has 1 atom stereocenters. The van der Waals surface area contributed by atoms with Crippen molar-refractivity contribution in [3.05, 3.63) is 35.2 Å². The molecule has 0 aliphatic carbocycles. The predicted octanol–water partition coefficient (Wildman–Crippen LogP) is 2.42. The van der Waals surface area contributed by atoms with Crippen molar-refractivity contribution in [1.29, 1.82) is 0 Å². The summed E-state index contributed by atoms with van der Waals surface area (Å²) in [4.78, 5) is 22.6. The summed E-state index contributed by atoms with van der Waals surface area (Å²) >= 11 is 1.72. The molecule has 1 spiro atoms. The number of anilines is 1. The maximum absolute atomic E-state index is 12.5. The average molecular weight is 330 g/mol. The molecule has 2 aromatic rings. The lowest BCUT2D eigenvalue weighted by Gasteiger charge is -2.23. The van der Waals surface area contributed by atoms with Crippen molar-refractivity contribution in [2.45, 2.75) is 26.3 Å². The van der Waals surface area contributed by atoms with Gasteiger partial charge in [-0.25, -0.2) is 4.98 Å². The minimum atomic E-state index is 0.125. The molecule has 23 heavy (non-hydrogen) atoms.